The molecule has 3 aromatic heterocycles. The monoisotopic (exact) mass is 408 g/mol. The van der Waals surface area contributed by atoms with Crippen molar-refractivity contribution in [1.29, 1.82) is 0 Å². The molecule has 0 aliphatic carbocycles. The highest BCUT2D eigenvalue weighted by Crippen LogP contribution is 2.21. The number of hydrogen-bond acceptors (Lipinski definition) is 6. The van der Waals surface area contributed by atoms with Gasteiger partial charge in [-0.2, -0.15) is 10.1 Å². The molecule has 0 unspecified atom stereocenters. The maximum Gasteiger partial charge on any atom is 0.227 e. The van der Waals surface area contributed by atoms with Gasteiger partial charge in [-0.1, -0.05) is 17.3 Å². The number of hydrogen-bond donors (Lipinski definition) is 1. The second-order valence-electron chi connectivity index (χ2n) is 7.34. The summed E-state index contributed by atoms with van der Waals surface area (Å²) in [6.45, 7) is 5.74. The molecule has 0 aliphatic rings. The number of rotatable bonds is 6. The second-order valence-corrected chi connectivity index (χ2v) is 7.34. The highest BCUT2D eigenvalue weighted by Gasteiger charge is 2.13. The molecule has 0 saturated carbocycles. The summed E-state index contributed by atoms with van der Waals surface area (Å²) in [6.07, 6.45) is 3.77. The van der Waals surface area contributed by atoms with Gasteiger partial charge in [-0.25, -0.2) is 14.1 Å². The van der Waals surface area contributed by atoms with Crippen molar-refractivity contribution in [2.24, 2.45) is 0 Å². The van der Waals surface area contributed by atoms with Crippen molar-refractivity contribution >= 4 is 22.6 Å². The van der Waals surface area contributed by atoms with E-state index in [1.54, 1.807) is 31.5 Å². The summed E-state index contributed by atoms with van der Waals surface area (Å²) in [4.78, 5) is 20.9. The van der Waals surface area contributed by atoms with Gasteiger partial charge in [0, 0.05) is 29.8 Å². The molecule has 0 aliphatic heterocycles. The zero-order valence-corrected chi connectivity index (χ0v) is 16.9. The van der Waals surface area contributed by atoms with Gasteiger partial charge in [0.05, 0.1) is 18.1 Å². The van der Waals surface area contributed by atoms with E-state index in [1.165, 1.54) is 6.07 Å². The summed E-state index contributed by atoms with van der Waals surface area (Å²) < 4.78 is 20.7. The van der Waals surface area contributed by atoms with E-state index in [9.17, 15) is 9.18 Å². The topological polar surface area (TPSA) is 98.7 Å². The Balaban J connectivity index is 1.37. The Labute approximate surface area is 172 Å². The predicted molar refractivity (Wildman–Crippen MR) is 109 cm³/mol. The van der Waals surface area contributed by atoms with Crippen LogP contribution in [-0.4, -0.2) is 30.8 Å². The second kappa shape index (κ2) is 8.02. The summed E-state index contributed by atoms with van der Waals surface area (Å²) in [5.74, 6) is 0.0744. The summed E-state index contributed by atoms with van der Waals surface area (Å²) in [5, 5.41) is 11.9. The summed E-state index contributed by atoms with van der Waals surface area (Å²) in [6, 6.07) is 6.78. The molecule has 30 heavy (non-hydrogen) atoms. The van der Waals surface area contributed by atoms with Crippen molar-refractivity contribution in [3.05, 3.63) is 53.9 Å². The van der Waals surface area contributed by atoms with Crippen molar-refractivity contribution in [1.82, 2.24) is 24.9 Å². The molecular formula is C21H21FN6O2. The fourth-order valence-electron chi connectivity index (χ4n) is 3.04. The van der Waals surface area contributed by atoms with Crippen LogP contribution in [0.3, 0.4) is 0 Å². The number of fused-ring (bicyclic) bond motifs is 1. The number of anilines is 1. The van der Waals surface area contributed by atoms with Crippen molar-refractivity contribution in [3.63, 3.8) is 0 Å². The predicted octanol–water partition coefficient (Wildman–Crippen LogP) is 4.08. The van der Waals surface area contributed by atoms with Gasteiger partial charge in [-0.3, -0.25) is 4.79 Å². The normalized spacial score (nSPS) is 11.4. The largest absolute Gasteiger partial charge is 0.339 e. The molecule has 1 N–H and O–H groups in total. The van der Waals surface area contributed by atoms with Crippen LogP contribution in [0.25, 0.3) is 22.4 Å². The summed E-state index contributed by atoms with van der Waals surface area (Å²) >= 11 is 0. The Kier molecular flexibility index (Phi) is 5.26. The quantitative estimate of drug-likeness (QED) is 0.516. The molecule has 0 bridgehead atoms. The lowest BCUT2D eigenvalue weighted by molar-refractivity contribution is -0.116. The molecule has 4 rings (SSSR count). The standard InChI is InChI=1S/C21H21FN6O2/c1-12(2)28-21-15(10-24-28)8-16(11-23-21)25-18(29)6-7-19-26-20(27-30-19)14-5-4-13(3)17(22)9-14/h4-5,8-12H,6-7H2,1-3H3,(H,25,29). The van der Waals surface area contributed by atoms with Gasteiger partial charge < -0.3 is 9.84 Å². The number of benzene rings is 1. The lowest BCUT2D eigenvalue weighted by atomic mass is 10.1. The number of nitrogens with one attached hydrogen (secondary N) is 1. The van der Waals surface area contributed by atoms with Crippen molar-refractivity contribution < 1.29 is 13.7 Å². The van der Waals surface area contributed by atoms with E-state index in [1.807, 2.05) is 24.6 Å². The molecule has 9 heteroatoms. The molecule has 8 nitrogen and oxygen atoms in total. The minimum absolute atomic E-state index is 0.160. The van der Waals surface area contributed by atoms with E-state index in [0.29, 0.717) is 28.5 Å². The molecule has 0 saturated heterocycles. The van der Waals surface area contributed by atoms with Gasteiger partial charge in [0.2, 0.25) is 17.6 Å². The Morgan fingerprint density at radius 2 is 2.10 bits per heavy atom. The van der Waals surface area contributed by atoms with E-state index in [4.69, 9.17) is 4.52 Å². The van der Waals surface area contributed by atoms with Crippen molar-refractivity contribution in [2.75, 3.05) is 5.32 Å². The summed E-state index contributed by atoms with van der Waals surface area (Å²) in [7, 11) is 0. The number of nitrogens with zero attached hydrogens (tertiary/aromatic N) is 5. The smallest absolute Gasteiger partial charge is 0.227 e. The fraction of sp³-hybridized carbons (Fsp3) is 0.286. The number of amides is 1. The lowest BCUT2D eigenvalue weighted by Gasteiger charge is -2.07. The molecule has 0 atom stereocenters. The first-order valence-electron chi connectivity index (χ1n) is 9.63. The molecule has 0 fully saturated rings. The first kappa shape index (κ1) is 19.7. The number of carbonyl (C=O) groups is 1. The van der Waals surface area contributed by atoms with E-state index >= 15 is 0 Å². The zero-order chi connectivity index (χ0) is 21.3. The maximum absolute atomic E-state index is 13.7. The van der Waals surface area contributed by atoms with Crippen LogP contribution in [0.4, 0.5) is 10.1 Å². The molecule has 0 radical (unpaired) electrons. The van der Waals surface area contributed by atoms with Gasteiger partial charge in [0.15, 0.2) is 5.65 Å². The van der Waals surface area contributed by atoms with Gasteiger partial charge in [-0.15, -0.1) is 0 Å². The Hall–Kier alpha value is -3.62. The Bertz CT molecular complexity index is 1210. The van der Waals surface area contributed by atoms with Gasteiger partial charge >= 0.3 is 0 Å². The fourth-order valence-corrected chi connectivity index (χ4v) is 3.04. The minimum atomic E-state index is -0.331. The average molecular weight is 408 g/mol. The molecular weight excluding hydrogens is 387 g/mol. The van der Waals surface area contributed by atoms with Crippen molar-refractivity contribution in [3.8, 4) is 11.4 Å². The van der Waals surface area contributed by atoms with E-state index < -0.39 is 0 Å². The molecule has 154 valence electrons. The SMILES string of the molecule is Cc1ccc(-c2noc(CCC(=O)Nc3cnc4c(cnn4C(C)C)c3)n2)cc1F. The third-order valence-corrected chi connectivity index (χ3v) is 4.67. The number of pyridine rings is 1. The van der Waals surface area contributed by atoms with Gasteiger partial charge in [0.25, 0.3) is 0 Å². The molecule has 3 heterocycles. The van der Waals surface area contributed by atoms with Gasteiger partial charge in [0.1, 0.15) is 5.82 Å². The van der Waals surface area contributed by atoms with Crippen LogP contribution in [-0.2, 0) is 11.2 Å². The third kappa shape index (κ3) is 4.05. The van der Waals surface area contributed by atoms with Crippen molar-refractivity contribution in [2.45, 2.75) is 39.7 Å². The number of aromatic nitrogens is 5. The first-order chi connectivity index (χ1) is 14.4. The molecule has 4 aromatic rings. The van der Waals surface area contributed by atoms with Crippen LogP contribution >= 0.6 is 0 Å². The summed E-state index contributed by atoms with van der Waals surface area (Å²) in [5.41, 5.74) is 2.44. The Morgan fingerprint density at radius 3 is 2.87 bits per heavy atom. The van der Waals surface area contributed by atoms with Crippen LogP contribution < -0.4 is 5.32 Å². The van der Waals surface area contributed by atoms with Crippen LogP contribution in [0.1, 0.15) is 37.8 Å². The van der Waals surface area contributed by atoms with E-state index in [0.717, 1.165) is 11.0 Å². The van der Waals surface area contributed by atoms with Crippen LogP contribution in [0, 0.1) is 12.7 Å². The van der Waals surface area contributed by atoms with Crippen LogP contribution in [0.2, 0.25) is 0 Å². The Morgan fingerprint density at radius 1 is 1.27 bits per heavy atom. The van der Waals surface area contributed by atoms with E-state index in [-0.39, 0.29) is 30.6 Å². The zero-order valence-electron chi connectivity index (χ0n) is 16.9. The number of carbonyl (C=O) groups excluding carboxylic acids is 1. The molecule has 1 amide bonds. The highest BCUT2D eigenvalue weighted by molar-refractivity contribution is 5.92. The number of halogens is 1. The third-order valence-electron chi connectivity index (χ3n) is 4.67. The molecule has 1 aromatic carbocycles. The van der Waals surface area contributed by atoms with Crippen LogP contribution in [0.5, 0.6) is 0 Å². The van der Waals surface area contributed by atoms with Gasteiger partial charge in [-0.05, 0) is 38.5 Å². The molecule has 0 spiro atoms. The first-order valence-corrected chi connectivity index (χ1v) is 9.63. The minimum Gasteiger partial charge on any atom is -0.339 e. The average Bonchev–Trinajstić information content (AvgIpc) is 3.35. The number of aryl methyl sites for hydroxylation is 2. The lowest BCUT2D eigenvalue weighted by Crippen LogP contribution is -2.12. The van der Waals surface area contributed by atoms with Crippen LogP contribution in [0.15, 0.2) is 41.2 Å². The highest BCUT2D eigenvalue weighted by atomic mass is 19.1. The van der Waals surface area contributed by atoms with E-state index in [2.05, 4.69) is 25.5 Å². The maximum atomic E-state index is 13.7.